The van der Waals surface area contributed by atoms with Crippen LogP contribution in [0.4, 0.5) is 4.79 Å². The van der Waals surface area contributed by atoms with Crippen LogP contribution in [-0.2, 0) is 0 Å². The van der Waals surface area contributed by atoms with Gasteiger partial charge >= 0.3 is 6.03 Å². The molecule has 0 saturated heterocycles. The van der Waals surface area contributed by atoms with Gasteiger partial charge in [0, 0.05) is 27.7 Å². The molecule has 0 aromatic rings. The van der Waals surface area contributed by atoms with E-state index in [9.17, 15) is 4.79 Å². The van der Waals surface area contributed by atoms with Gasteiger partial charge in [-0.2, -0.15) is 0 Å². The lowest BCUT2D eigenvalue weighted by atomic mass is 9.87. The molecule has 0 aliphatic heterocycles. The molecule has 1 fully saturated rings. The van der Waals surface area contributed by atoms with Crippen LogP contribution in [0.15, 0.2) is 0 Å². The summed E-state index contributed by atoms with van der Waals surface area (Å²) in [4.78, 5) is 15.0. The summed E-state index contributed by atoms with van der Waals surface area (Å²) >= 11 is 0. The molecule has 1 aliphatic carbocycles. The van der Waals surface area contributed by atoms with E-state index in [0.29, 0.717) is 0 Å². The van der Waals surface area contributed by atoms with Crippen molar-refractivity contribution in [2.75, 3.05) is 27.7 Å². The van der Waals surface area contributed by atoms with Crippen molar-refractivity contribution in [1.29, 1.82) is 0 Å². The van der Waals surface area contributed by atoms with Crippen LogP contribution in [0.25, 0.3) is 0 Å². The van der Waals surface area contributed by atoms with Crippen molar-refractivity contribution in [1.82, 2.24) is 9.80 Å². The van der Waals surface area contributed by atoms with Crippen LogP contribution < -0.4 is 0 Å². The minimum absolute atomic E-state index is 0.116. The smallest absolute Gasteiger partial charge is 0.319 e. The van der Waals surface area contributed by atoms with Crippen molar-refractivity contribution in [3.8, 4) is 0 Å². The maximum absolute atomic E-state index is 11.6. The van der Waals surface area contributed by atoms with Gasteiger partial charge in [0.2, 0.25) is 0 Å². The summed E-state index contributed by atoms with van der Waals surface area (Å²) in [5.74, 6) is 0.858. The average molecular weight is 212 g/mol. The minimum atomic E-state index is 0.116. The second kappa shape index (κ2) is 5.99. The molecule has 0 heterocycles. The van der Waals surface area contributed by atoms with Crippen molar-refractivity contribution in [2.45, 2.75) is 38.5 Å². The molecule has 1 rings (SSSR count). The van der Waals surface area contributed by atoms with E-state index in [1.807, 2.05) is 11.9 Å². The first kappa shape index (κ1) is 12.3. The molecule has 88 valence electrons. The van der Waals surface area contributed by atoms with Gasteiger partial charge in [-0.1, -0.05) is 32.1 Å². The van der Waals surface area contributed by atoms with Crippen molar-refractivity contribution >= 4 is 6.03 Å². The highest BCUT2D eigenvalue weighted by Gasteiger charge is 2.16. The largest absolute Gasteiger partial charge is 0.331 e. The quantitative estimate of drug-likeness (QED) is 0.705. The summed E-state index contributed by atoms with van der Waals surface area (Å²) < 4.78 is 0. The molecule has 0 atom stereocenters. The Kier molecular flexibility index (Phi) is 4.92. The fourth-order valence-electron chi connectivity index (χ4n) is 2.29. The zero-order valence-corrected chi connectivity index (χ0v) is 10.3. The number of hydrogen-bond donors (Lipinski definition) is 0. The van der Waals surface area contributed by atoms with Crippen LogP contribution in [0.3, 0.4) is 0 Å². The lowest BCUT2D eigenvalue weighted by Crippen LogP contribution is -2.37. The number of nitrogens with zero attached hydrogens (tertiary/aromatic N) is 2. The summed E-state index contributed by atoms with van der Waals surface area (Å²) in [6.45, 7) is 0.904. The van der Waals surface area contributed by atoms with Gasteiger partial charge in [-0.05, 0) is 12.3 Å². The van der Waals surface area contributed by atoms with E-state index in [0.717, 1.165) is 12.5 Å². The molecule has 0 bridgehead atoms. The molecule has 3 nitrogen and oxygen atoms in total. The van der Waals surface area contributed by atoms with Gasteiger partial charge in [-0.25, -0.2) is 4.79 Å². The highest BCUT2D eigenvalue weighted by Crippen LogP contribution is 2.26. The van der Waals surface area contributed by atoms with Gasteiger partial charge in [0.05, 0.1) is 0 Å². The molecule has 0 aromatic heterocycles. The van der Waals surface area contributed by atoms with E-state index < -0.39 is 0 Å². The third kappa shape index (κ3) is 4.10. The molecule has 15 heavy (non-hydrogen) atoms. The van der Waals surface area contributed by atoms with Gasteiger partial charge in [0.1, 0.15) is 0 Å². The van der Waals surface area contributed by atoms with E-state index in [1.54, 1.807) is 19.0 Å². The number of amides is 2. The number of hydrogen-bond acceptors (Lipinski definition) is 1. The molecule has 3 heteroatoms. The van der Waals surface area contributed by atoms with Gasteiger partial charge in [0.15, 0.2) is 0 Å². The molecule has 0 unspecified atom stereocenters. The Bertz CT molecular complexity index is 198. The molecule has 1 aliphatic rings. The fourth-order valence-corrected chi connectivity index (χ4v) is 2.29. The number of carbonyl (C=O) groups excluding carboxylic acids is 1. The van der Waals surface area contributed by atoms with E-state index in [2.05, 4.69) is 0 Å². The fraction of sp³-hybridized carbons (Fsp3) is 0.917. The molecule has 0 radical (unpaired) electrons. The second-order valence-corrected chi connectivity index (χ2v) is 4.89. The van der Waals surface area contributed by atoms with Crippen LogP contribution in [0.5, 0.6) is 0 Å². The van der Waals surface area contributed by atoms with Crippen molar-refractivity contribution in [2.24, 2.45) is 5.92 Å². The standard InChI is InChI=1S/C12H24N2O/c1-13(2)12(15)14(3)10-9-11-7-5-4-6-8-11/h11H,4-10H2,1-3H3. The Balaban J connectivity index is 2.20. The number of urea groups is 1. The van der Waals surface area contributed by atoms with Gasteiger partial charge in [0.25, 0.3) is 0 Å². The SMILES string of the molecule is CN(C)C(=O)N(C)CCC1CCCCC1. The van der Waals surface area contributed by atoms with E-state index in [4.69, 9.17) is 0 Å². The topological polar surface area (TPSA) is 23.6 Å². The maximum atomic E-state index is 11.6. The first-order valence-corrected chi connectivity index (χ1v) is 6.03. The summed E-state index contributed by atoms with van der Waals surface area (Å²) in [5.41, 5.74) is 0. The van der Waals surface area contributed by atoms with Crippen molar-refractivity contribution in [3.63, 3.8) is 0 Å². The Morgan fingerprint density at radius 1 is 1.13 bits per heavy atom. The molecule has 1 saturated carbocycles. The molecule has 0 N–H and O–H groups in total. The Labute approximate surface area is 93.4 Å². The summed E-state index contributed by atoms with van der Waals surface area (Å²) in [7, 11) is 5.50. The van der Waals surface area contributed by atoms with Gasteiger partial charge in [-0.3, -0.25) is 0 Å². The lowest BCUT2D eigenvalue weighted by molar-refractivity contribution is 0.176. The number of rotatable bonds is 3. The zero-order valence-electron chi connectivity index (χ0n) is 10.3. The van der Waals surface area contributed by atoms with Crippen molar-refractivity contribution in [3.05, 3.63) is 0 Å². The van der Waals surface area contributed by atoms with E-state index in [-0.39, 0.29) is 6.03 Å². The third-order valence-electron chi connectivity index (χ3n) is 3.31. The predicted molar refractivity (Wildman–Crippen MR) is 62.9 cm³/mol. The Morgan fingerprint density at radius 3 is 2.27 bits per heavy atom. The Morgan fingerprint density at radius 2 is 1.73 bits per heavy atom. The van der Waals surface area contributed by atoms with Crippen LogP contribution in [0.2, 0.25) is 0 Å². The van der Waals surface area contributed by atoms with E-state index in [1.165, 1.54) is 38.5 Å². The minimum Gasteiger partial charge on any atom is -0.331 e. The second-order valence-electron chi connectivity index (χ2n) is 4.89. The van der Waals surface area contributed by atoms with Crippen molar-refractivity contribution < 1.29 is 4.79 Å². The lowest BCUT2D eigenvalue weighted by Gasteiger charge is -2.26. The highest BCUT2D eigenvalue weighted by atomic mass is 16.2. The molecular formula is C12H24N2O. The normalized spacial score (nSPS) is 17.5. The van der Waals surface area contributed by atoms with Gasteiger partial charge < -0.3 is 9.80 Å². The summed E-state index contributed by atoms with van der Waals surface area (Å²) in [6, 6.07) is 0.116. The molecule has 0 aromatic carbocycles. The molecule has 2 amide bonds. The predicted octanol–water partition coefficient (Wildman–Crippen LogP) is 2.57. The third-order valence-corrected chi connectivity index (χ3v) is 3.31. The number of carbonyl (C=O) groups is 1. The first-order valence-electron chi connectivity index (χ1n) is 6.03. The van der Waals surface area contributed by atoms with Gasteiger partial charge in [-0.15, -0.1) is 0 Å². The van der Waals surface area contributed by atoms with Crippen LogP contribution in [0.1, 0.15) is 38.5 Å². The Hall–Kier alpha value is -0.730. The van der Waals surface area contributed by atoms with Crippen LogP contribution >= 0.6 is 0 Å². The summed E-state index contributed by atoms with van der Waals surface area (Å²) in [6.07, 6.45) is 8.08. The summed E-state index contributed by atoms with van der Waals surface area (Å²) in [5, 5.41) is 0. The molecule has 0 spiro atoms. The van der Waals surface area contributed by atoms with Crippen LogP contribution in [-0.4, -0.2) is 43.5 Å². The monoisotopic (exact) mass is 212 g/mol. The first-order chi connectivity index (χ1) is 7.11. The maximum Gasteiger partial charge on any atom is 0.319 e. The zero-order chi connectivity index (χ0) is 11.3. The highest BCUT2D eigenvalue weighted by molar-refractivity contribution is 5.73. The average Bonchev–Trinajstić information content (AvgIpc) is 2.26. The van der Waals surface area contributed by atoms with Crippen LogP contribution in [0, 0.1) is 5.92 Å². The van der Waals surface area contributed by atoms with E-state index >= 15 is 0 Å². The molecular weight excluding hydrogens is 188 g/mol.